The van der Waals surface area contributed by atoms with Gasteiger partial charge in [0.15, 0.2) is 0 Å². The fourth-order valence-corrected chi connectivity index (χ4v) is 2.48. The first-order valence-corrected chi connectivity index (χ1v) is 8.09. The van der Waals surface area contributed by atoms with E-state index in [2.05, 4.69) is 5.32 Å². The van der Waals surface area contributed by atoms with Gasteiger partial charge in [-0.3, -0.25) is 4.79 Å². The van der Waals surface area contributed by atoms with E-state index in [1.165, 1.54) is 49.6 Å². The summed E-state index contributed by atoms with van der Waals surface area (Å²) in [5, 5.41) is 7.63. The van der Waals surface area contributed by atoms with Crippen molar-refractivity contribution >= 4 is 21.6 Å². The molecule has 2 rings (SSSR count). The third-order valence-electron chi connectivity index (χ3n) is 3.05. The highest BCUT2D eigenvalue weighted by molar-refractivity contribution is 7.89. The lowest BCUT2D eigenvalue weighted by Crippen LogP contribution is -2.17. The standard InChI is InChI=1S/C15H15FN2O4S/c1-22-14-7-6-12(23(17,20)21)9-13(14)18-15(19)8-10-2-4-11(16)5-3-10/h2-7,9H,8H2,1H3,(H,18,19)(H2,17,20,21). The van der Waals surface area contributed by atoms with Gasteiger partial charge in [-0.05, 0) is 35.9 Å². The van der Waals surface area contributed by atoms with Crippen LogP contribution in [0.25, 0.3) is 0 Å². The third kappa shape index (κ3) is 4.51. The Labute approximate surface area is 133 Å². The molecule has 0 saturated heterocycles. The summed E-state index contributed by atoms with van der Waals surface area (Å²) in [6, 6.07) is 9.39. The molecule has 0 unspecified atom stereocenters. The number of benzene rings is 2. The highest BCUT2D eigenvalue weighted by Crippen LogP contribution is 2.27. The van der Waals surface area contributed by atoms with E-state index in [-0.39, 0.29) is 17.0 Å². The van der Waals surface area contributed by atoms with Crippen LogP contribution < -0.4 is 15.2 Å². The maximum Gasteiger partial charge on any atom is 0.238 e. The number of halogens is 1. The Hall–Kier alpha value is -2.45. The fourth-order valence-electron chi connectivity index (χ4n) is 1.94. The van der Waals surface area contributed by atoms with E-state index in [9.17, 15) is 17.6 Å². The van der Waals surface area contributed by atoms with E-state index in [0.29, 0.717) is 11.3 Å². The first kappa shape index (κ1) is 16.9. The predicted octanol–water partition coefficient (Wildman–Crippen LogP) is 1.66. The fraction of sp³-hybridized carbons (Fsp3) is 0.133. The summed E-state index contributed by atoms with van der Waals surface area (Å²) in [6.45, 7) is 0. The molecule has 0 aliphatic rings. The van der Waals surface area contributed by atoms with Gasteiger partial charge >= 0.3 is 0 Å². The molecule has 0 saturated carbocycles. The molecule has 0 fully saturated rings. The Morgan fingerprint density at radius 2 is 1.87 bits per heavy atom. The van der Waals surface area contributed by atoms with Crippen LogP contribution in [0.1, 0.15) is 5.56 Å². The van der Waals surface area contributed by atoms with Crippen LogP contribution >= 0.6 is 0 Å². The smallest absolute Gasteiger partial charge is 0.238 e. The zero-order chi connectivity index (χ0) is 17.0. The molecule has 0 aliphatic heterocycles. The zero-order valence-corrected chi connectivity index (χ0v) is 13.1. The van der Waals surface area contributed by atoms with Crippen LogP contribution in [0.2, 0.25) is 0 Å². The molecule has 6 nitrogen and oxygen atoms in total. The minimum atomic E-state index is -3.90. The second-order valence-electron chi connectivity index (χ2n) is 4.76. The summed E-state index contributed by atoms with van der Waals surface area (Å²) in [4.78, 5) is 11.9. The van der Waals surface area contributed by atoms with Gasteiger partial charge in [-0.25, -0.2) is 17.9 Å². The van der Waals surface area contributed by atoms with Crippen LogP contribution in [0, 0.1) is 5.82 Å². The average Bonchev–Trinajstić information content (AvgIpc) is 2.48. The number of hydrogen-bond donors (Lipinski definition) is 2. The summed E-state index contributed by atoms with van der Waals surface area (Å²) in [5.74, 6) is -0.497. The van der Waals surface area contributed by atoms with Gasteiger partial charge in [-0.1, -0.05) is 12.1 Å². The van der Waals surface area contributed by atoms with Crippen LogP contribution in [0.4, 0.5) is 10.1 Å². The molecule has 0 atom stereocenters. The van der Waals surface area contributed by atoms with Crippen molar-refractivity contribution in [3.63, 3.8) is 0 Å². The van der Waals surface area contributed by atoms with Crippen LogP contribution in [0.3, 0.4) is 0 Å². The normalized spacial score (nSPS) is 11.1. The number of methoxy groups -OCH3 is 1. The predicted molar refractivity (Wildman–Crippen MR) is 83.1 cm³/mol. The third-order valence-corrected chi connectivity index (χ3v) is 3.96. The van der Waals surface area contributed by atoms with Crippen molar-refractivity contribution in [3.05, 3.63) is 53.8 Å². The molecule has 8 heteroatoms. The molecular formula is C15H15FN2O4S. The van der Waals surface area contributed by atoms with Crippen LogP contribution in [-0.4, -0.2) is 21.4 Å². The van der Waals surface area contributed by atoms with E-state index in [4.69, 9.17) is 9.88 Å². The van der Waals surface area contributed by atoms with Gasteiger partial charge in [-0.2, -0.15) is 0 Å². The second kappa shape index (κ2) is 6.76. The van der Waals surface area contributed by atoms with Crippen molar-refractivity contribution in [1.29, 1.82) is 0 Å². The van der Waals surface area contributed by atoms with E-state index >= 15 is 0 Å². The minimum Gasteiger partial charge on any atom is -0.495 e. The Morgan fingerprint density at radius 1 is 1.22 bits per heavy atom. The largest absolute Gasteiger partial charge is 0.495 e. The van der Waals surface area contributed by atoms with Gasteiger partial charge in [0, 0.05) is 0 Å². The molecule has 2 aromatic rings. The van der Waals surface area contributed by atoms with Crippen LogP contribution in [0.5, 0.6) is 5.75 Å². The minimum absolute atomic E-state index is 0.00301. The number of ether oxygens (including phenoxy) is 1. The quantitative estimate of drug-likeness (QED) is 0.866. The monoisotopic (exact) mass is 338 g/mol. The lowest BCUT2D eigenvalue weighted by molar-refractivity contribution is -0.115. The Balaban J connectivity index is 2.20. The number of hydrogen-bond acceptors (Lipinski definition) is 4. The number of nitrogens with two attached hydrogens (primary N) is 1. The molecule has 0 aliphatic carbocycles. The molecule has 23 heavy (non-hydrogen) atoms. The summed E-state index contributed by atoms with van der Waals surface area (Å²) >= 11 is 0. The maximum atomic E-state index is 12.8. The molecule has 2 aromatic carbocycles. The van der Waals surface area contributed by atoms with Gasteiger partial charge in [0.05, 0.1) is 24.1 Å². The molecular weight excluding hydrogens is 323 g/mol. The van der Waals surface area contributed by atoms with Crippen molar-refractivity contribution < 1.29 is 22.3 Å². The number of nitrogens with one attached hydrogen (secondary N) is 1. The summed E-state index contributed by atoms with van der Waals surface area (Å²) in [6.07, 6.45) is 0.00301. The molecule has 122 valence electrons. The SMILES string of the molecule is COc1ccc(S(N)(=O)=O)cc1NC(=O)Cc1ccc(F)cc1. The highest BCUT2D eigenvalue weighted by atomic mass is 32.2. The maximum absolute atomic E-state index is 12.8. The number of sulfonamides is 1. The molecule has 0 spiro atoms. The van der Waals surface area contributed by atoms with Crippen molar-refractivity contribution in [2.24, 2.45) is 5.14 Å². The van der Waals surface area contributed by atoms with E-state index in [0.717, 1.165) is 0 Å². The lowest BCUT2D eigenvalue weighted by Gasteiger charge is -2.11. The van der Waals surface area contributed by atoms with Gasteiger partial charge < -0.3 is 10.1 Å². The van der Waals surface area contributed by atoms with E-state index in [1.807, 2.05) is 0 Å². The van der Waals surface area contributed by atoms with Crippen molar-refractivity contribution in [2.75, 3.05) is 12.4 Å². The molecule has 3 N–H and O–H groups in total. The number of carbonyl (C=O) groups excluding carboxylic acids is 1. The van der Waals surface area contributed by atoms with Gasteiger partial charge in [-0.15, -0.1) is 0 Å². The summed E-state index contributed by atoms with van der Waals surface area (Å²) in [5.41, 5.74) is 0.802. The molecule has 0 aromatic heterocycles. The number of anilines is 1. The lowest BCUT2D eigenvalue weighted by atomic mass is 10.1. The summed E-state index contributed by atoms with van der Waals surface area (Å²) in [7, 11) is -2.51. The van der Waals surface area contributed by atoms with Gasteiger partial charge in [0.1, 0.15) is 11.6 Å². The number of primary sulfonamides is 1. The number of amides is 1. The number of rotatable bonds is 5. The summed E-state index contributed by atoms with van der Waals surface area (Å²) < 4.78 is 40.7. The van der Waals surface area contributed by atoms with Crippen LogP contribution in [0.15, 0.2) is 47.4 Å². The highest BCUT2D eigenvalue weighted by Gasteiger charge is 2.14. The average molecular weight is 338 g/mol. The number of carbonyl (C=O) groups is 1. The van der Waals surface area contributed by atoms with Crippen LogP contribution in [-0.2, 0) is 21.2 Å². The Morgan fingerprint density at radius 3 is 2.43 bits per heavy atom. The molecule has 0 radical (unpaired) electrons. The van der Waals surface area contributed by atoms with Crippen molar-refractivity contribution in [1.82, 2.24) is 0 Å². The molecule has 1 amide bonds. The molecule has 0 bridgehead atoms. The molecule has 0 heterocycles. The first-order valence-electron chi connectivity index (χ1n) is 6.55. The second-order valence-corrected chi connectivity index (χ2v) is 6.32. The van der Waals surface area contributed by atoms with E-state index < -0.39 is 21.7 Å². The Bertz CT molecular complexity index is 820. The van der Waals surface area contributed by atoms with Gasteiger partial charge in [0.25, 0.3) is 0 Å². The first-order chi connectivity index (χ1) is 10.8. The zero-order valence-electron chi connectivity index (χ0n) is 12.2. The van der Waals surface area contributed by atoms with E-state index in [1.54, 1.807) is 0 Å². The van der Waals surface area contributed by atoms with Crippen molar-refractivity contribution in [2.45, 2.75) is 11.3 Å². The van der Waals surface area contributed by atoms with Crippen molar-refractivity contribution in [3.8, 4) is 5.75 Å². The van der Waals surface area contributed by atoms with Gasteiger partial charge in [0.2, 0.25) is 15.9 Å². The Kier molecular flexibility index (Phi) is 4.97. The topological polar surface area (TPSA) is 98.5 Å².